The highest BCUT2D eigenvalue weighted by Gasteiger charge is 1.85. The molecule has 0 radical (unpaired) electrons. The summed E-state index contributed by atoms with van der Waals surface area (Å²) >= 11 is 0. The molecule has 1 aromatic rings. The number of hydrogen-bond donors (Lipinski definition) is 0. The molecule has 0 N–H and O–H groups in total. The Balaban J connectivity index is 3.13. The van der Waals surface area contributed by atoms with Gasteiger partial charge in [-0.1, -0.05) is 6.07 Å². The minimum Gasteiger partial charge on any atom is -0.272 e. The van der Waals surface area contributed by atoms with Gasteiger partial charge in [-0.05, 0) is 24.1 Å². The summed E-state index contributed by atoms with van der Waals surface area (Å²) in [6.45, 7) is 2.06. The highest BCUT2D eigenvalue weighted by molar-refractivity contribution is 6.31. The molecule has 0 saturated heterocycles. The van der Waals surface area contributed by atoms with Crippen LogP contribution in [-0.4, -0.2) is 12.8 Å². The Labute approximate surface area is 50.2 Å². The summed E-state index contributed by atoms with van der Waals surface area (Å²) in [7, 11) is 2.01. The summed E-state index contributed by atoms with van der Waals surface area (Å²) in [5, 5.41) is 0. The summed E-state index contributed by atoms with van der Waals surface area (Å²) in [6.07, 6.45) is 1.81. The molecular weight excluding hydrogens is 96.9 g/mol. The first-order valence-electron chi connectivity index (χ1n) is 2.69. The molecule has 0 unspecified atom stereocenters. The Hall–Kier alpha value is -0.785. The third-order valence-corrected chi connectivity index (χ3v) is 1.27. The Morgan fingerprint density at radius 1 is 1.62 bits per heavy atom. The fraction of sp³-hybridized carbons (Fsp3) is 0.167. The van der Waals surface area contributed by atoms with Gasteiger partial charge in [0.25, 0.3) is 0 Å². The SMILES string of the molecule is Bc1ncccc1C. The normalized spacial score (nSPS) is 9.12. The summed E-state index contributed by atoms with van der Waals surface area (Å²) in [4.78, 5) is 4.08. The van der Waals surface area contributed by atoms with E-state index in [-0.39, 0.29) is 0 Å². The minimum absolute atomic E-state index is 1.12. The van der Waals surface area contributed by atoms with Crippen LogP contribution in [0.1, 0.15) is 5.56 Å². The lowest BCUT2D eigenvalue weighted by Crippen LogP contribution is -2.10. The van der Waals surface area contributed by atoms with E-state index >= 15 is 0 Å². The van der Waals surface area contributed by atoms with Gasteiger partial charge in [0.05, 0.1) is 0 Å². The first-order valence-corrected chi connectivity index (χ1v) is 2.69. The maximum Gasteiger partial charge on any atom is 0.164 e. The molecule has 2 heteroatoms. The number of nitrogens with zero attached hydrogens (tertiary/aromatic N) is 1. The van der Waals surface area contributed by atoms with E-state index in [1.54, 1.807) is 0 Å². The van der Waals surface area contributed by atoms with Crippen LogP contribution in [0.2, 0.25) is 0 Å². The van der Waals surface area contributed by atoms with E-state index in [0.29, 0.717) is 0 Å². The van der Waals surface area contributed by atoms with Crippen LogP contribution in [0.25, 0.3) is 0 Å². The number of aromatic nitrogens is 1. The average Bonchev–Trinajstić information content (AvgIpc) is 1.77. The van der Waals surface area contributed by atoms with Crippen LogP contribution < -0.4 is 5.59 Å². The van der Waals surface area contributed by atoms with E-state index < -0.39 is 0 Å². The Morgan fingerprint density at radius 2 is 2.38 bits per heavy atom. The molecule has 0 saturated carbocycles. The molecule has 40 valence electrons. The third-order valence-electron chi connectivity index (χ3n) is 1.27. The second kappa shape index (κ2) is 1.99. The summed E-state index contributed by atoms with van der Waals surface area (Å²) in [5.41, 5.74) is 2.38. The van der Waals surface area contributed by atoms with Gasteiger partial charge in [0.15, 0.2) is 7.85 Å². The topological polar surface area (TPSA) is 12.9 Å². The van der Waals surface area contributed by atoms with E-state index in [1.807, 2.05) is 20.1 Å². The van der Waals surface area contributed by atoms with E-state index in [9.17, 15) is 0 Å². The van der Waals surface area contributed by atoms with E-state index in [1.165, 1.54) is 5.56 Å². The lowest BCUT2D eigenvalue weighted by atomic mass is 9.99. The third kappa shape index (κ3) is 0.888. The second-order valence-corrected chi connectivity index (χ2v) is 1.91. The number of rotatable bonds is 0. The van der Waals surface area contributed by atoms with Crippen LogP contribution in [-0.2, 0) is 0 Å². The van der Waals surface area contributed by atoms with Crippen molar-refractivity contribution in [3.63, 3.8) is 0 Å². The first-order chi connectivity index (χ1) is 3.80. The van der Waals surface area contributed by atoms with Crippen molar-refractivity contribution in [1.29, 1.82) is 0 Å². The number of hydrogen-bond acceptors (Lipinski definition) is 1. The van der Waals surface area contributed by atoms with Gasteiger partial charge in [-0.25, -0.2) is 0 Å². The molecule has 0 aromatic carbocycles. The fourth-order valence-corrected chi connectivity index (χ4v) is 0.565. The van der Waals surface area contributed by atoms with Crippen LogP contribution in [0.15, 0.2) is 18.3 Å². The van der Waals surface area contributed by atoms with Crippen molar-refractivity contribution in [1.82, 2.24) is 4.98 Å². The zero-order valence-corrected chi connectivity index (χ0v) is 5.18. The largest absolute Gasteiger partial charge is 0.272 e. The van der Waals surface area contributed by atoms with Gasteiger partial charge in [-0.3, -0.25) is 4.98 Å². The zero-order valence-electron chi connectivity index (χ0n) is 5.18. The van der Waals surface area contributed by atoms with Gasteiger partial charge in [0, 0.05) is 6.20 Å². The van der Waals surface area contributed by atoms with Gasteiger partial charge in [-0.2, -0.15) is 0 Å². The predicted octanol–water partition coefficient (Wildman–Crippen LogP) is -0.352. The molecule has 0 aliphatic rings. The van der Waals surface area contributed by atoms with Gasteiger partial charge >= 0.3 is 0 Å². The molecular formula is C6H8BN. The van der Waals surface area contributed by atoms with Crippen molar-refractivity contribution in [2.45, 2.75) is 6.92 Å². The minimum atomic E-state index is 1.12. The molecule has 8 heavy (non-hydrogen) atoms. The van der Waals surface area contributed by atoms with E-state index in [0.717, 1.165) is 5.59 Å². The molecule has 1 heterocycles. The molecule has 0 atom stereocenters. The van der Waals surface area contributed by atoms with Crippen LogP contribution in [0.5, 0.6) is 0 Å². The van der Waals surface area contributed by atoms with Crippen LogP contribution in [0.4, 0.5) is 0 Å². The number of pyridine rings is 1. The molecule has 1 nitrogen and oxygen atoms in total. The average molecular weight is 105 g/mol. The van der Waals surface area contributed by atoms with Crippen molar-refractivity contribution in [3.8, 4) is 0 Å². The standard InChI is InChI=1S/C6H8BN/c1-5-3-2-4-8-6(5)7/h2-4H,7H2,1H3. The smallest absolute Gasteiger partial charge is 0.164 e. The van der Waals surface area contributed by atoms with Crippen LogP contribution in [0.3, 0.4) is 0 Å². The van der Waals surface area contributed by atoms with Crippen molar-refractivity contribution >= 4 is 13.4 Å². The van der Waals surface area contributed by atoms with Crippen molar-refractivity contribution in [3.05, 3.63) is 23.9 Å². The molecule has 0 amide bonds. The molecule has 0 spiro atoms. The fourth-order valence-electron chi connectivity index (χ4n) is 0.565. The molecule has 0 fully saturated rings. The maximum atomic E-state index is 4.08. The van der Waals surface area contributed by atoms with Crippen LogP contribution in [0, 0.1) is 6.92 Å². The predicted molar refractivity (Wildman–Crippen MR) is 37.2 cm³/mol. The zero-order chi connectivity index (χ0) is 5.98. The van der Waals surface area contributed by atoms with Gasteiger partial charge in [0.1, 0.15) is 0 Å². The second-order valence-electron chi connectivity index (χ2n) is 1.91. The van der Waals surface area contributed by atoms with Gasteiger partial charge < -0.3 is 0 Å². The molecule has 1 rings (SSSR count). The summed E-state index contributed by atoms with van der Waals surface area (Å²) in [6, 6.07) is 4.00. The van der Waals surface area contributed by atoms with Crippen molar-refractivity contribution in [2.24, 2.45) is 0 Å². The Kier molecular flexibility index (Phi) is 1.33. The molecule has 1 aromatic heterocycles. The summed E-state index contributed by atoms with van der Waals surface area (Å²) in [5.74, 6) is 0. The van der Waals surface area contributed by atoms with Gasteiger partial charge in [0.2, 0.25) is 0 Å². The van der Waals surface area contributed by atoms with Gasteiger partial charge in [-0.15, -0.1) is 0 Å². The lowest BCUT2D eigenvalue weighted by Gasteiger charge is -1.92. The summed E-state index contributed by atoms with van der Waals surface area (Å²) < 4.78 is 0. The quantitative estimate of drug-likeness (QED) is 0.411. The van der Waals surface area contributed by atoms with E-state index in [4.69, 9.17) is 0 Å². The molecule has 0 aliphatic carbocycles. The maximum absolute atomic E-state index is 4.08. The monoisotopic (exact) mass is 105 g/mol. The Bertz CT molecular complexity index is 165. The lowest BCUT2D eigenvalue weighted by molar-refractivity contribution is 1.33. The van der Waals surface area contributed by atoms with Crippen LogP contribution >= 0.6 is 0 Å². The van der Waals surface area contributed by atoms with E-state index in [2.05, 4.69) is 18.0 Å². The number of aryl methyl sites for hydroxylation is 1. The molecule has 0 aliphatic heterocycles. The highest BCUT2D eigenvalue weighted by Crippen LogP contribution is 1.84. The Morgan fingerprint density at radius 3 is 2.75 bits per heavy atom. The highest BCUT2D eigenvalue weighted by atomic mass is 14.6. The van der Waals surface area contributed by atoms with Crippen molar-refractivity contribution < 1.29 is 0 Å². The first kappa shape index (κ1) is 5.35. The molecule has 0 bridgehead atoms. The van der Waals surface area contributed by atoms with Crippen molar-refractivity contribution in [2.75, 3.05) is 0 Å².